The number of rotatable bonds is 4. The van der Waals surface area contributed by atoms with Gasteiger partial charge in [-0.2, -0.15) is 5.26 Å². The quantitative estimate of drug-likeness (QED) is 0.861. The Bertz CT molecular complexity index is 508. The molecule has 1 N–H and O–H groups in total. The van der Waals surface area contributed by atoms with Crippen LogP contribution < -0.4 is 4.72 Å². The lowest BCUT2D eigenvalue weighted by molar-refractivity contribution is 0.576. The van der Waals surface area contributed by atoms with Crippen LogP contribution in [-0.4, -0.2) is 13.7 Å². The summed E-state index contributed by atoms with van der Waals surface area (Å²) in [6.07, 6.45) is 0. The van der Waals surface area contributed by atoms with Crippen molar-refractivity contribution >= 4 is 10.0 Å². The van der Waals surface area contributed by atoms with Gasteiger partial charge in [0.25, 0.3) is 0 Å². The minimum absolute atomic E-state index is 0.0217. The lowest BCUT2D eigenvalue weighted by Gasteiger charge is -2.07. The van der Waals surface area contributed by atoms with Crippen molar-refractivity contribution in [3.05, 3.63) is 35.6 Å². The predicted octanol–water partition coefficient (Wildman–Crippen LogP) is 1.16. The molecule has 1 rings (SSSR count). The second kappa shape index (κ2) is 5.05. The van der Waals surface area contributed by atoms with E-state index in [1.807, 2.05) is 0 Å². The first-order valence-electron chi connectivity index (χ1n) is 4.58. The number of halogens is 1. The van der Waals surface area contributed by atoms with Crippen LogP contribution >= 0.6 is 0 Å². The van der Waals surface area contributed by atoms with E-state index in [2.05, 4.69) is 4.72 Å². The second-order valence-corrected chi connectivity index (χ2v) is 5.35. The molecule has 6 heteroatoms. The molecule has 0 aliphatic carbocycles. The van der Waals surface area contributed by atoms with Crippen LogP contribution in [0.3, 0.4) is 0 Å². The average molecular weight is 242 g/mol. The van der Waals surface area contributed by atoms with Gasteiger partial charge in [0, 0.05) is 6.54 Å². The van der Waals surface area contributed by atoms with Crippen molar-refractivity contribution < 1.29 is 12.8 Å². The van der Waals surface area contributed by atoms with Crippen LogP contribution in [0.4, 0.5) is 4.39 Å². The number of benzene rings is 1. The van der Waals surface area contributed by atoms with E-state index in [9.17, 15) is 12.8 Å². The molecular formula is C10H11FN2O2S. The van der Waals surface area contributed by atoms with Crippen molar-refractivity contribution in [2.45, 2.75) is 18.7 Å². The summed E-state index contributed by atoms with van der Waals surface area (Å²) >= 11 is 0. The van der Waals surface area contributed by atoms with Gasteiger partial charge >= 0.3 is 0 Å². The SMILES string of the molecule is CC(C#N)S(=O)(=O)NCc1cccc(F)c1. The summed E-state index contributed by atoms with van der Waals surface area (Å²) in [7, 11) is -3.65. The van der Waals surface area contributed by atoms with E-state index in [0.717, 1.165) is 0 Å². The molecule has 1 aromatic carbocycles. The summed E-state index contributed by atoms with van der Waals surface area (Å²) in [5, 5.41) is 7.36. The molecule has 1 aromatic rings. The smallest absolute Gasteiger partial charge is 0.211 e. The Balaban J connectivity index is 2.69. The Morgan fingerprint density at radius 1 is 1.56 bits per heavy atom. The first-order chi connectivity index (χ1) is 7.45. The van der Waals surface area contributed by atoms with Gasteiger partial charge in [-0.1, -0.05) is 12.1 Å². The minimum atomic E-state index is -3.65. The molecule has 4 nitrogen and oxygen atoms in total. The summed E-state index contributed by atoms with van der Waals surface area (Å²) in [6, 6.07) is 7.23. The van der Waals surface area contributed by atoms with Gasteiger partial charge in [-0.15, -0.1) is 0 Å². The highest BCUT2D eigenvalue weighted by Crippen LogP contribution is 2.04. The Kier molecular flexibility index (Phi) is 3.99. The maximum atomic E-state index is 12.8. The fourth-order valence-corrected chi connectivity index (χ4v) is 1.78. The Morgan fingerprint density at radius 3 is 2.81 bits per heavy atom. The molecule has 86 valence electrons. The molecule has 1 unspecified atom stereocenters. The highest BCUT2D eigenvalue weighted by atomic mass is 32.2. The minimum Gasteiger partial charge on any atom is -0.211 e. The van der Waals surface area contributed by atoms with Gasteiger partial charge in [-0.25, -0.2) is 17.5 Å². The molecule has 16 heavy (non-hydrogen) atoms. The topological polar surface area (TPSA) is 70.0 Å². The van der Waals surface area contributed by atoms with E-state index >= 15 is 0 Å². The van der Waals surface area contributed by atoms with Crippen LogP contribution in [0.1, 0.15) is 12.5 Å². The molecule has 0 heterocycles. The molecule has 0 saturated carbocycles. The normalized spacial score (nSPS) is 13.1. The summed E-state index contributed by atoms with van der Waals surface area (Å²) < 4.78 is 37.8. The number of nitriles is 1. The molecule has 0 saturated heterocycles. The molecule has 0 aliphatic rings. The average Bonchev–Trinajstić information content (AvgIpc) is 2.25. The van der Waals surface area contributed by atoms with E-state index in [1.54, 1.807) is 12.1 Å². The molecule has 0 fully saturated rings. The zero-order valence-corrected chi connectivity index (χ0v) is 9.46. The van der Waals surface area contributed by atoms with Gasteiger partial charge in [0.1, 0.15) is 5.82 Å². The van der Waals surface area contributed by atoms with Crippen LogP contribution in [0.2, 0.25) is 0 Å². The number of hydrogen-bond acceptors (Lipinski definition) is 3. The standard InChI is InChI=1S/C10H11FN2O2S/c1-8(6-12)16(14,15)13-7-9-3-2-4-10(11)5-9/h2-5,8,13H,7H2,1H3. The van der Waals surface area contributed by atoms with Crippen molar-refractivity contribution in [1.82, 2.24) is 4.72 Å². The van der Waals surface area contributed by atoms with Crippen LogP contribution in [0, 0.1) is 17.1 Å². The van der Waals surface area contributed by atoms with Gasteiger partial charge in [-0.3, -0.25) is 0 Å². The third-order valence-electron chi connectivity index (χ3n) is 2.01. The summed E-state index contributed by atoms with van der Waals surface area (Å²) in [5.41, 5.74) is 0.508. The highest BCUT2D eigenvalue weighted by molar-refractivity contribution is 7.90. The molecular weight excluding hydrogens is 231 g/mol. The van der Waals surface area contributed by atoms with E-state index in [1.165, 1.54) is 25.1 Å². The third kappa shape index (κ3) is 3.29. The van der Waals surface area contributed by atoms with Crippen LogP contribution in [0.5, 0.6) is 0 Å². The number of nitrogens with one attached hydrogen (secondary N) is 1. The fourth-order valence-electron chi connectivity index (χ4n) is 1.03. The zero-order valence-electron chi connectivity index (χ0n) is 8.64. The first-order valence-corrected chi connectivity index (χ1v) is 6.13. The van der Waals surface area contributed by atoms with Gasteiger partial charge in [0.2, 0.25) is 10.0 Å². The zero-order chi connectivity index (χ0) is 12.2. The summed E-state index contributed by atoms with van der Waals surface area (Å²) in [4.78, 5) is 0. The largest absolute Gasteiger partial charge is 0.227 e. The second-order valence-electron chi connectivity index (χ2n) is 3.27. The third-order valence-corrected chi connectivity index (χ3v) is 3.60. The van der Waals surface area contributed by atoms with Crippen LogP contribution in [0.15, 0.2) is 24.3 Å². The molecule has 1 atom stereocenters. The predicted molar refractivity (Wildman–Crippen MR) is 57.2 cm³/mol. The lowest BCUT2D eigenvalue weighted by Crippen LogP contribution is -2.31. The monoisotopic (exact) mass is 242 g/mol. The molecule has 0 aromatic heterocycles. The Labute approximate surface area is 93.8 Å². The first kappa shape index (κ1) is 12.6. The Hall–Kier alpha value is -1.45. The molecule has 0 amide bonds. The van der Waals surface area contributed by atoms with Crippen molar-refractivity contribution in [3.63, 3.8) is 0 Å². The van der Waals surface area contributed by atoms with Crippen molar-refractivity contribution in [2.24, 2.45) is 0 Å². The highest BCUT2D eigenvalue weighted by Gasteiger charge is 2.19. The lowest BCUT2D eigenvalue weighted by atomic mass is 10.2. The van der Waals surface area contributed by atoms with Gasteiger partial charge in [-0.05, 0) is 24.6 Å². The van der Waals surface area contributed by atoms with E-state index < -0.39 is 21.1 Å². The Morgan fingerprint density at radius 2 is 2.25 bits per heavy atom. The van der Waals surface area contributed by atoms with Gasteiger partial charge in [0.05, 0.1) is 6.07 Å². The van der Waals surface area contributed by atoms with Crippen molar-refractivity contribution in [2.75, 3.05) is 0 Å². The summed E-state index contributed by atoms with van der Waals surface area (Å²) in [5.74, 6) is -0.426. The summed E-state index contributed by atoms with van der Waals surface area (Å²) in [6.45, 7) is 1.26. The van der Waals surface area contributed by atoms with Crippen molar-refractivity contribution in [3.8, 4) is 6.07 Å². The molecule has 0 bridgehead atoms. The molecule has 0 radical (unpaired) electrons. The maximum Gasteiger partial charge on any atom is 0.227 e. The van der Waals surface area contributed by atoms with E-state index in [4.69, 9.17) is 5.26 Å². The van der Waals surface area contributed by atoms with E-state index in [0.29, 0.717) is 5.56 Å². The van der Waals surface area contributed by atoms with Crippen LogP contribution in [0.25, 0.3) is 0 Å². The number of nitrogens with zero attached hydrogens (tertiary/aromatic N) is 1. The molecule has 0 aliphatic heterocycles. The van der Waals surface area contributed by atoms with Crippen LogP contribution in [-0.2, 0) is 16.6 Å². The van der Waals surface area contributed by atoms with Gasteiger partial charge < -0.3 is 0 Å². The van der Waals surface area contributed by atoms with Crippen molar-refractivity contribution in [1.29, 1.82) is 5.26 Å². The van der Waals surface area contributed by atoms with Gasteiger partial charge in [0.15, 0.2) is 5.25 Å². The molecule has 0 spiro atoms. The number of hydrogen-bond donors (Lipinski definition) is 1. The fraction of sp³-hybridized carbons (Fsp3) is 0.300. The van der Waals surface area contributed by atoms with E-state index in [-0.39, 0.29) is 6.54 Å². The number of sulfonamides is 1. The maximum absolute atomic E-state index is 12.8.